The smallest absolute Gasteiger partial charge is 0.276 e. The van der Waals surface area contributed by atoms with E-state index in [1.165, 1.54) is 36.4 Å². The number of rotatable bonds is 5. The minimum Gasteiger partial charge on any atom is -0.484 e. The van der Waals surface area contributed by atoms with Crippen molar-refractivity contribution >= 4 is 11.8 Å². The molecular formula is C16H14F2N2O3. The Balaban J connectivity index is 1.74. The number of hydrogen-bond acceptors (Lipinski definition) is 3. The van der Waals surface area contributed by atoms with Gasteiger partial charge in [0.25, 0.3) is 5.91 Å². The molecule has 0 saturated heterocycles. The molecule has 2 amide bonds. The lowest BCUT2D eigenvalue weighted by molar-refractivity contribution is -0.129. The molecule has 120 valence electrons. The van der Waals surface area contributed by atoms with E-state index in [1.54, 1.807) is 6.07 Å². The van der Waals surface area contributed by atoms with Gasteiger partial charge in [0, 0.05) is 6.07 Å². The summed E-state index contributed by atoms with van der Waals surface area (Å²) in [6.45, 7) is -0.399. The summed E-state index contributed by atoms with van der Waals surface area (Å²) in [6, 6.07) is 11.2. The maximum atomic E-state index is 13.4. The zero-order valence-electron chi connectivity index (χ0n) is 12.0. The second-order valence-electron chi connectivity index (χ2n) is 4.61. The standard InChI is InChI=1S/C16H14F2N2O3/c17-12-5-3-6-13(9-12)23-10-16(22)20-19-15(21)8-11-4-1-2-7-14(11)18/h1-7,9H,8,10H2,(H,19,21)(H,20,22). The number of halogens is 2. The number of amides is 2. The van der Waals surface area contributed by atoms with Gasteiger partial charge in [-0.15, -0.1) is 0 Å². The van der Waals surface area contributed by atoms with Crippen molar-refractivity contribution in [3.63, 3.8) is 0 Å². The van der Waals surface area contributed by atoms with Crippen molar-refractivity contribution in [2.45, 2.75) is 6.42 Å². The maximum absolute atomic E-state index is 13.4. The summed E-state index contributed by atoms with van der Waals surface area (Å²) in [5.41, 5.74) is 4.49. The molecule has 0 spiro atoms. The Labute approximate surface area is 131 Å². The van der Waals surface area contributed by atoms with Gasteiger partial charge in [-0.25, -0.2) is 8.78 Å². The van der Waals surface area contributed by atoms with Crippen molar-refractivity contribution in [2.75, 3.05) is 6.61 Å². The van der Waals surface area contributed by atoms with Gasteiger partial charge in [-0.2, -0.15) is 0 Å². The fraction of sp³-hybridized carbons (Fsp3) is 0.125. The normalized spacial score (nSPS) is 10.0. The van der Waals surface area contributed by atoms with Gasteiger partial charge in [-0.1, -0.05) is 24.3 Å². The number of hydrogen-bond donors (Lipinski definition) is 2. The highest BCUT2D eigenvalue weighted by atomic mass is 19.1. The lowest BCUT2D eigenvalue weighted by Crippen LogP contribution is -2.44. The van der Waals surface area contributed by atoms with E-state index in [1.807, 2.05) is 0 Å². The van der Waals surface area contributed by atoms with Crippen LogP contribution in [0.15, 0.2) is 48.5 Å². The Morgan fingerprint density at radius 2 is 1.70 bits per heavy atom. The van der Waals surface area contributed by atoms with Gasteiger partial charge in [0.05, 0.1) is 6.42 Å². The summed E-state index contributed by atoms with van der Waals surface area (Å²) >= 11 is 0. The largest absolute Gasteiger partial charge is 0.484 e. The van der Waals surface area contributed by atoms with Crippen LogP contribution in [-0.4, -0.2) is 18.4 Å². The quantitative estimate of drug-likeness (QED) is 0.825. The van der Waals surface area contributed by atoms with Gasteiger partial charge in [0.15, 0.2) is 6.61 Å². The third-order valence-electron chi connectivity index (χ3n) is 2.82. The highest BCUT2D eigenvalue weighted by molar-refractivity contribution is 5.83. The summed E-state index contributed by atoms with van der Waals surface area (Å²) in [5, 5.41) is 0. The second-order valence-corrected chi connectivity index (χ2v) is 4.61. The molecule has 0 bridgehead atoms. The Hall–Kier alpha value is -2.96. The van der Waals surface area contributed by atoms with Crippen LogP contribution in [0, 0.1) is 11.6 Å². The zero-order valence-corrected chi connectivity index (χ0v) is 12.0. The first kappa shape index (κ1) is 16.4. The molecule has 0 unspecified atom stereocenters. The SMILES string of the molecule is O=C(COc1cccc(F)c1)NNC(=O)Cc1ccccc1F. The Kier molecular flexibility index (Phi) is 5.62. The number of carbonyl (C=O) groups is 2. The van der Waals surface area contributed by atoms with E-state index in [9.17, 15) is 18.4 Å². The molecule has 0 radical (unpaired) electrons. The predicted molar refractivity (Wildman–Crippen MR) is 78.3 cm³/mol. The lowest BCUT2D eigenvalue weighted by atomic mass is 10.1. The van der Waals surface area contributed by atoms with Crippen LogP contribution in [0.3, 0.4) is 0 Å². The van der Waals surface area contributed by atoms with E-state index in [0.717, 1.165) is 6.07 Å². The lowest BCUT2D eigenvalue weighted by Gasteiger charge is -2.09. The van der Waals surface area contributed by atoms with Crippen LogP contribution in [0.2, 0.25) is 0 Å². The second kappa shape index (κ2) is 7.88. The van der Waals surface area contributed by atoms with Crippen molar-refractivity contribution in [3.05, 3.63) is 65.7 Å². The Morgan fingerprint density at radius 1 is 0.957 bits per heavy atom. The third-order valence-corrected chi connectivity index (χ3v) is 2.82. The molecule has 5 nitrogen and oxygen atoms in total. The van der Waals surface area contributed by atoms with E-state index in [4.69, 9.17) is 4.74 Å². The van der Waals surface area contributed by atoms with E-state index in [0.29, 0.717) is 0 Å². The summed E-state index contributed by atoms with van der Waals surface area (Å²) < 4.78 is 31.3. The third kappa shape index (κ3) is 5.39. The average Bonchev–Trinajstić information content (AvgIpc) is 2.53. The van der Waals surface area contributed by atoms with Crippen molar-refractivity contribution in [3.8, 4) is 5.75 Å². The number of nitrogens with one attached hydrogen (secondary N) is 2. The maximum Gasteiger partial charge on any atom is 0.276 e. The van der Waals surface area contributed by atoms with Crippen LogP contribution in [0.1, 0.15) is 5.56 Å². The zero-order chi connectivity index (χ0) is 16.7. The van der Waals surface area contributed by atoms with Crippen molar-refractivity contribution in [2.24, 2.45) is 0 Å². The molecule has 7 heteroatoms. The van der Waals surface area contributed by atoms with Crippen LogP contribution in [0.4, 0.5) is 8.78 Å². The Bertz CT molecular complexity index is 707. The summed E-state index contributed by atoms with van der Waals surface area (Å²) in [4.78, 5) is 23.1. The van der Waals surface area contributed by atoms with E-state index in [-0.39, 0.29) is 17.7 Å². The molecule has 2 aromatic rings. The summed E-state index contributed by atoms with van der Waals surface area (Å²) in [6.07, 6.45) is -0.211. The molecular weight excluding hydrogens is 306 g/mol. The van der Waals surface area contributed by atoms with Crippen LogP contribution in [0.5, 0.6) is 5.75 Å². The first-order valence-corrected chi connectivity index (χ1v) is 6.74. The van der Waals surface area contributed by atoms with Gasteiger partial charge in [0.2, 0.25) is 5.91 Å². The molecule has 0 aliphatic rings. The van der Waals surface area contributed by atoms with Gasteiger partial charge in [-0.3, -0.25) is 20.4 Å². The molecule has 0 aliphatic carbocycles. The first-order valence-electron chi connectivity index (χ1n) is 6.74. The first-order chi connectivity index (χ1) is 11.0. The van der Waals surface area contributed by atoms with Crippen LogP contribution < -0.4 is 15.6 Å². The van der Waals surface area contributed by atoms with Crippen molar-refractivity contribution in [1.82, 2.24) is 10.9 Å². The van der Waals surface area contributed by atoms with Crippen LogP contribution >= 0.6 is 0 Å². The van der Waals surface area contributed by atoms with Gasteiger partial charge in [0.1, 0.15) is 17.4 Å². The minimum atomic E-state index is -0.629. The number of ether oxygens (including phenoxy) is 1. The fourth-order valence-electron chi connectivity index (χ4n) is 1.74. The highest BCUT2D eigenvalue weighted by Gasteiger charge is 2.09. The average molecular weight is 320 g/mol. The molecule has 0 heterocycles. The molecule has 23 heavy (non-hydrogen) atoms. The van der Waals surface area contributed by atoms with E-state index >= 15 is 0 Å². The molecule has 0 aromatic heterocycles. The molecule has 0 aliphatic heterocycles. The predicted octanol–water partition coefficient (Wildman–Crippen LogP) is 1.73. The topological polar surface area (TPSA) is 67.4 Å². The van der Waals surface area contributed by atoms with Crippen molar-refractivity contribution < 1.29 is 23.1 Å². The molecule has 2 aromatic carbocycles. The monoisotopic (exact) mass is 320 g/mol. The molecule has 2 N–H and O–H groups in total. The van der Waals surface area contributed by atoms with Gasteiger partial charge in [-0.05, 0) is 23.8 Å². The van der Waals surface area contributed by atoms with Gasteiger partial charge < -0.3 is 4.74 Å². The number of benzene rings is 2. The number of carbonyl (C=O) groups excluding carboxylic acids is 2. The van der Waals surface area contributed by atoms with Crippen LogP contribution in [-0.2, 0) is 16.0 Å². The van der Waals surface area contributed by atoms with E-state index < -0.39 is 30.1 Å². The Morgan fingerprint density at radius 3 is 2.43 bits per heavy atom. The fourth-order valence-corrected chi connectivity index (χ4v) is 1.74. The number of hydrazine groups is 1. The van der Waals surface area contributed by atoms with Crippen molar-refractivity contribution in [1.29, 1.82) is 0 Å². The van der Waals surface area contributed by atoms with E-state index in [2.05, 4.69) is 10.9 Å². The van der Waals surface area contributed by atoms with Gasteiger partial charge >= 0.3 is 0 Å². The summed E-state index contributed by atoms with van der Waals surface area (Å²) in [5.74, 6) is -1.99. The van der Waals surface area contributed by atoms with Crippen LogP contribution in [0.25, 0.3) is 0 Å². The molecule has 0 saturated carbocycles. The summed E-state index contributed by atoms with van der Waals surface area (Å²) in [7, 11) is 0. The minimum absolute atomic E-state index is 0.192. The molecule has 0 atom stereocenters. The highest BCUT2D eigenvalue weighted by Crippen LogP contribution is 2.11. The molecule has 2 rings (SSSR count). The molecule has 0 fully saturated rings.